The van der Waals surface area contributed by atoms with Crippen LogP contribution < -0.4 is 11.1 Å². The third-order valence-corrected chi connectivity index (χ3v) is 3.44. The topological polar surface area (TPSA) is 119 Å². The summed E-state index contributed by atoms with van der Waals surface area (Å²) in [6, 6.07) is -0.322. The Labute approximate surface area is 110 Å². The summed E-state index contributed by atoms with van der Waals surface area (Å²) in [7, 11) is 0. The molecule has 1 saturated carbocycles. The molecular weight excluding hydrogens is 248 g/mol. The maximum Gasteiger partial charge on any atom is 0.238 e. The molecule has 0 saturated heterocycles. The fourth-order valence-electron chi connectivity index (χ4n) is 2.43. The van der Waals surface area contributed by atoms with Crippen molar-refractivity contribution in [3.8, 4) is 0 Å². The zero-order valence-electron chi connectivity index (χ0n) is 10.4. The smallest absolute Gasteiger partial charge is 0.238 e. The van der Waals surface area contributed by atoms with Crippen molar-refractivity contribution in [2.75, 3.05) is 5.32 Å². The first kappa shape index (κ1) is 13.7. The average Bonchev–Trinajstić information content (AvgIpc) is 2.66. The molecule has 1 aliphatic rings. The van der Waals surface area contributed by atoms with Gasteiger partial charge in [-0.2, -0.15) is 0 Å². The fourth-order valence-corrected chi connectivity index (χ4v) is 2.43. The molecule has 1 heterocycles. The molecule has 103 valence electrons. The number of nitrogens with one attached hydrogen (secondary N) is 2. The minimum absolute atomic E-state index is 0.103. The van der Waals surface area contributed by atoms with E-state index < -0.39 is 18.1 Å². The summed E-state index contributed by atoms with van der Waals surface area (Å²) >= 11 is 0. The van der Waals surface area contributed by atoms with Crippen LogP contribution >= 0.6 is 0 Å². The SMILES string of the molecule is [NH]C(=O)CCC1CC(Nc2cnccn2)C(O)C1O. The number of carbonyl (C=O) groups excluding carboxylic acids is 1. The van der Waals surface area contributed by atoms with Crippen LogP contribution in [0.1, 0.15) is 19.3 Å². The van der Waals surface area contributed by atoms with Gasteiger partial charge in [0.1, 0.15) is 11.9 Å². The predicted molar refractivity (Wildman–Crippen MR) is 66.9 cm³/mol. The highest BCUT2D eigenvalue weighted by atomic mass is 16.3. The quantitative estimate of drug-likeness (QED) is 0.665. The van der Waals surface area contributed by atoms with Crippen molar-refractivity contribution < 1.29 is 15.0 Å². The van der Waals surface area contributed by atoms with E-state index in [4.69, 9.17) is 5.73 Å². The Balaban J connectivity index is 1.94. The second-order valence-corrected chi connectivity index (χ2v) is 4.78. The molecule has 19 heavy (non-hydrogen) atoms. The van der Waals surface area contributed by atoms with Crippen LogP contribution in [0.25, 0.3) is 0 Å². The summed E-state index contributed by atoms with van der Waals surface area (Å²) in [5.41, 5.74) is 6.87. The van der Waals surface area contributed by atoms with Gasteiger partial charge in [-0.25, -0.2) is 4.98 Å². The lowest BCUT2D eigenvalue weighted by Gasteiger charge is -2.18. The standard InChI is InChI=1S/C12H17N4O3/c13-9(17)2-1-7-5-8(12(19)11(7)18)16-10-6-14-3-4-15-10/h3-4,6-8,11-13,18-19H,1-2,5H2,(H,15,16). The number of hydrogen-bond acceptors (Lipinski definition) is 6. The van der Waals surface area contributed by atoms with Crippen LogP contribution in [-0.2, 0) is 4.79 Å². The summed E-state index contributed by atoms with van der Waals surface area (Å²) in [6.07, 6.45) is 3.89. The molecule has 1 aromatic rings. The Morgan fingerprint density at radius 1 is 1.42 bits per heavy atom. The lowest BCUT2D eigenvalue weighted by Crippen LogP contribution is -2.35. The van der Waals surface area contributed by atoms with E-state index in [0.717, 1.165) is 0 Å². The second-order valence-electron chi connectivity index (χ2n) is 4.78. The summed E-state index contributed by atoms with van der Waals surface area (Å²) < 4.78 is 0. The molecule has 1 aromatic heterocycles. The maximum absolute atomic E-state index is 10.6. The van der Waals surface area contributed by atoms with Crippen LogP contribution in [0, 0.1) is 5.92 Å². The highest BCUT2D eigenvalue weighted by Gasteiger charge is 2.41. The molecule has 0 aromatic carbocycles. The van der Waals surface area contributed by atoms with E-state index >= 15 is 0 Å². The van der Waals surface area contributed by atoms with Gasteiger partial charge in [-0.15, -0.1) is 0 Å². The zero-order chi connectivity index (χ0) is 13.8. The Morgan fingerprint density at radius 2 is 2.21 bits per heavy atom. The highest BCUT2D eigenvalue weighted by Crippen LogP contribution is 2.31. The van der Waals surface area contributed by atoms with Gasteiger partial charge in [-0.05, 0) is 18.8 Å². The molecule has 4 N–H and O–H groups in total. The van der Waals surface area contributed by atoms with Gasteiger partial charge in [0, 0.05) is 18.8 Å². The first-order valence-corrected chi connectivity index (χ1v) is 6.21. The van der Waals surface area contributed by atoms with Crippen molar-refractivity contribution in [2.45, 2.75) is 37.5 Å². The molecule has 0 bridgehead atoms. The van der Waals surface area contributed by atoms with Gasteiger partial charge < -0.3 is 15.5 Å². The van der Waals surface area contributed by atoms with Crippen molar-refractivity contribution in [1.29, 1.82) is 0 Å². The number of aliphatic hydroxyl groups excluding tert-OH is 2. The van der Waals surface area contributed by atoms with Gasteiger partial charge in [0.2, 0.25) is 5.91 Å². The van der Waals surface area contributed by atoms with Gasteiger partial charge in [0.05, 0.1) is 18.3 Å². The molecule has 4 atom stereocenters. The summed E-state index contributed by atoms with van der Waals surface area (Å²) in [5, 5.41) is 22.9. The molecule has 1 fully saturated rings. The minimum Gasteiger partial charge on any atom is -0.390 e. The van der Waals surface area contributed by atoms with E-state index in [1.165, 1.54) is 6.20 Å². The Bertz CT molecular complexity index is 428. The van der Waals surface area contributed by atoms with Crippen LogP contribution in [0.3, 0.4) is 0 Å². The van der Waals surface area contributed by atoms with Crippen LogP contribution in [0.15, 0.2) is 18.6 Å². The van der Waals surface area contributed by atoms with Crippen LogP contribution in [0.4, 0.5) is 5.82 Å². The van der Waals surface area contributed by atoms with Crippen LogP contribution in [0.2, 0.25) is 0 Å². The van der Waals surface area contributed by atoms with E-state index in [-0.39, 0.29) is 18.4 Å². The van der Waals surface area contributed by atoms with E-state index in [9.17, 15) is 15.0 Å². The molecule has 7 nitrogen and oxygen atoms in total. The van der Waals surface area contributed by atoms with Crippen LogP contribution in [-0.4, -0.2) is 44.3 Å². The van der Waals surface area contributed by atoms with E-state index in [1.54, 1.807) is 12.4 Å². The number of amides is 1. The van der Waals surface area contributed by atoms with Gasteiger partial charge in [0.25, 0.3) is 0 Å². The normalized spacial score (nSPS) is 30.2. The zero-order valence-corrected chi connectivity index (χ0v) is 10.4. The highest BCUT2D eigenvalue weighted by molar-refractivity contribution is 5.72. The summed E-state index contributed by atoms with van der Waals surface area (Å²) in [6.45, 7) is 0. The monoisotopic (exact) mass is 265 g/mol. The largest absolute Gasteiger partial charge is 0.390 e. The minimum atomic E-state index is -0.909. The third kappa shape index (κ3) is 3.39. The molecular formula is C12H17N4O3. The van der Waals surface area contributed by atoms with Gasteiger partial charge in [0.15, 0.2) is 0 Å². The number of aliphatic hydroxyl groups is 2. The maximum atomic E-state index is 10.6. The van der Waals surface area contributed by atoms with Crippen LogP contribution in [0.5, 0.6) is 0 Å². The molecule has 1 radical (unpaired) electrons. The van der Waals surface area contributed by atoms with Crippen molar-refractivity contribution in [2.24, 2.45) is 5.92 Å². The number of carbonyl (C=O) groups is 1. The molecule has 2 rings (SSSR count). The molecule has 1 amide bonds. The Hall–Kier alpha value is -1.73. The summed E-state index contributed by atoms with van der Waals surface area (Å²) in [4.78, 5) is 18.6. The lowest BCUT2D eigenvalue weighted by atomic mass is 9.99. The molecule has 0 spiro atoms. The van der Waals surface area contributed by atoms with Gasteiger partial charge in [-0.3, -0.25) is 15.5 Å². The fraction of sp³-hybridized carbons (Fsp3) is 0.583. The Morgan fingerprint density at radius 3 is 2.84 bits per heavy atom. The summed E-state index contributed by atoms with van der Waals surface area (Å²) in [5.74, 6) is -0.290. The molecule has 7 heteroatoms. The number of hydrogen-bond donors (Lipinski definition) is 3. The van der Waals surface area contributed by atoms with E-state index in [2.05, 4.69) is 15.3 Å². The lowest BCUT2D eigenvalue weighted by molar-refractivity contribution is -0.119. The first-order chi connectivity index (χ1) is 9.08. The van der Waals surface area contributed by atoms with Gasteiger partial charge >= 0.3 is 0 Å². The predicted octanol–water partition coefficient (Wildman–Crippen LogP) is -0.412. The molecule has 1 aliphatic carbocycles. The van der Waals surface area contributed by atoms with Gasteiger partial charge in [-0.1, -0.05) is 0 Å². The number of anilines is 1. The number of aromatic nitrogens is 2. The molecule has 4 unspecified atom stereocenters. The Kier molecular flexibility index (Phi) is 4.28. The molecule has 0 aliphatic heterocycles. The third-order valence-electron chi connectivity index (χ3n) is 3.44. The van der Waals surface area contributed by atoms with Crippen molar-refractivity contribution in [3.05, 3.63) is 18.6 Å². The van der Waals surface area contributed by atoms with Crippen molar-refractivity contribution in [3.63, 3.8) is 0 Å². The van der Waals surface area contributed by atoms with Crippen molar-refractivity contribution in [1.82, 2.24) is 15.7 Å². The van der Waals surface area contributed by atoms with Crippen molar-refractivity contribution >= 4 is 11.7 Å². The van der Waals surface area contributed by atoms with E-state index in [0.29, 0.717) is 18.7 Å². The number of nitrogens with zero attached hydrogens (tertiary/aromatic N) is 2. The second kappa shape index (κ2) is 5.94. The first-order valence-electron chi connectivity index (χ1n) is 6.21. The number of rotatable bonds is 5. The average molecular weight is 265 g/mol. The van der Waals surface area contributed by atoms with E-state index in [1.807, 2.05) is 0 Å².